The van der Waals surface area contributed by atoms with Gasteiger partial charge in [-0.15, -0.1) is 0 Å². The minimum absolute atomic E-state index is 0.0265. The number of hydrazine groups is 1. The van der Waals surface area contributed by atoms with E-state index in [0.29, 0.717) is 25.3 Å². The Morgan fingerprint density at radius 1 is 1.18 bits per heavy atom. The van der Waals surface area contributed by atoms with Crippen molar-refractivity contribution in [3.8, 4) is 0 Å². The predicted octanol–water partition coefficient (Wildman–Crippen LogP) is 0.701. The van der Waals surface area contributed by atoms with Crippen LogP contribution in [0, 0.1) is 0 Å². The van der Waals surface area contributed by atoms with Crippen molar-refractivity contribution in [3.05, 3.63) is 35.9 Å². The molecule has 6 heteroatoms. The first-order valence-corrected chi connectivity index (χ1v) is 7.75. The molecule has 2 heterocycles. The number of benzene rings is 1. The summed E-state index contributed by atoms with van der Waals surface area (Å²) < 4.78 is 5.27. The SMILES string of the molecule is O=C(NN1CCCC1C(=O)NC1CCOC1)c1ccccc1. The van der Waals surface area contributed by atoms with Crippen molar-refractivity contribution in [3.63, 3.8) is 0 Å². The number of hydrogen-bond donors (Lipinski definition) is 2. The van der Waals surface area contributed by atoms with E-state index in [4.69, 9.17) is 4.74 Å². The molecule has 2 unspecified atom stereocenters. The lowest BCUT2D eigenvalue weighted by Crippen LogP contribution is -2.53. The maximum Gasteiger partial charge on any atom is 0.265 e. The average Bonchev–Trinajstić information content (AvgIpc) is 3.19. The highest BCUT2D eigenvalue weighted by Gasteiger charge is 2.33. The number of hydrogen-bond acceptors (Lipinski definition) is 4. The molecule has 2 saturated heterocycles. The van der Waals surface area contributed by atoms with Gasteiger partial charge in [-0.2, -0.15) is 0 Å². The van der Waals surface area contributed by atoms with E-state index >= 15 is 0 Å². The van der Waals surface area contributed by atoms with Gasteiger partial charge in [0.05, 0.1) is 12.6 Å². The zero-order valence-corrected chi connectivity index (χ0v) is 12.5. The highest BCUT2D eigenvalue weighted by atomic mass is 16.5. The van der Waals surface area contributed by atoms with Gasteiger partial charge in [0.2, 0.25) is 5.91 Å². The number of carbonyl (C=O) groups excluding carboxylic acids is 2. The number of amides is 2. The van der Waals surface area contributed by atoms with E-state index in [-0.39, 0.29) is 23.9 Å². The third-order valence-corrected chi connectivity index (χ3v) is 4.11. The van der Waals surface area contributed by atoms with Gasteiger partial charge in [-0.3, -0.25) is 15.0 Å². The van der Waals surface area contributed by atoms with Crippen molar-refractivity contribution in [2.24, 2.45) is 0 Å². The molecule has 0 saturated carbocycles. The van der Waals surface area contributed by atoms with Crippen molar-refractivity contribution in [1.29, 1.82) is 0 Å². The highest BCUT2D eigenvalue weighted by Crippen LogP contribution is 2.16. The van der Waals surface area contributed by atoms with Crippen LogP contribution in [0.2, 0.25) is 0 Å². The molecule has 2 amide bonds. The Kier molecular flexibility index (Phi) is 4.70. The lowest BCUT2D eigenvalue weighted by Gasteiger charge is -2.25. The molecule has 0 radical (unpaired) electrons. The first kappa shape index (κ1) is 15.0. The average molecular weight is 303 g/mol. The van der Waals surface area contributed by atoms with Gasteiger partial charge < -0.3 is 10.1 Å². The topological polar surface area (TPSA) is 70.7 Å². The number of nitrogens with zero attached hydrogens (tertiary/aromatic N) is 1. The summed E-state index contributed by atoms with van der Waals surface area (Å²) in [4.78, 5) is 24.6. The van der Waals surface area contributed by atoms with E-state index in [1.807, 2.05) is 18.2 Å². The molecule has 0 aliphatic carbocycles. The normalized spacial score (nSPS) is 25.1. The molecule has 0 aromatic heterocycles. The zero-order chi connectivity index (χ0) is 15.4. The van der Waals surface area contributed by atoms with Gasteiger partial charge in [0, 0.05) is 18.7 Å². The summed E-state index contributed by atoms with van der Waals surface area (Å²) in [6.45, 7) is 1.97. The minimum Gasteiger partial charge on any atom is -0.379 e. The Balaban J connectivity index is 1.58. The fraction of sp³-hybridized carbons (Fsp3) is 0.500. The summed E-state index contributed by atoms with van der Waals surface area (Å²) in [6, 6.07) is 8.83. The summed E-state index contributed by atoms with van der Waals surface area (Å²) in [5, 5.41) is 4.76. The fourth-order valence-corrected chi connectivity index (χ4v) is 2.90. The van der Waals surface area contributed by atoms with E-state index in [1.54, 1.807) is 17.1 Å². The Hall–Kier alpha value is -1.92. The highest BCUT2D eigenvalue weighted by molar-refractivity contribution is 5.94. The van der Waals surface area contributed by atoms with Crippen LogP contribution in [0.15, 0.2) is 30.3 Å². The molecule has 1 aromatic carbocycles. The summed E-state index contributed by atoms with van der Waals surface area (Å²) in [5.74, 6) is -0.203. The molecule has 0 bridgehead atoms. The van der Waals surface area contributed by atoms with Crippen molar-refractivity contribution in [1.82, 2.24) is 15.8 Å². The van der Waals surface area contributed by atoms with Crippen LogP contribution in [-0.4, -0.2) is 48.7 Å². The van der Waals surface area contributed by atoms with Crippen LogP contribution in [-0.2, 0) is 9.53 Å². The number of ether oxygens (including phenoxy) is 1. The Bertz CT molecular complexity index is 529. The Morgan fingerprint density at radius 3 is 2.73 bits per heavy atom. The molecule has 3 rings (SSSR count). The second-order valence-electron chi connectivity index (χ2n) is 5.73. The monoisotopic (exact) mass is 303 g/mol. The van der Waals surface area contributed by atoms with Crippen molar-refractivity contribution < 1.29 is 14.3 Å². The van der Waals surface area contributed by atoms with Crippen molar-refractivity contribution in [2.75, 3.05) is 19.8 Å². The predicted molar refractivity (Wildman–Crippen MR) is 81.0 cm³/mol. The van der Waals surface area contributed by atoms with Crippen molar-refractivity contribution >= 4 is 11.8 Å². The molecule has 2 aliphatic heterocycles. The number of carbonyl (C=O) groups is 2. The lowest BCUT2D eigenvalue weighted by molar-refractivity contribution is -0.126. The van der Waals surface area contributed by atoms with Gasteiger partial charge >= 0.3 is 0 Å². The quantitative estimate of drug-likeness (QED) is 0.859. The molecular formula is C16H21N3O3. The minimum atomic E-state index is -0.298. The van der Waals surface area contributed by atoms with Crippen LogP contribution in [0.3, 0.4) is 0 Å². The second kappa shape index (κ2) is 6.89. The first-order chi connectivity index (χ1) is 10.7. The van der Waals surface area contributed by atoms with E-state index < -0.39 is 0 Å². The van der Waals surface area contributed by atoms with Crippen LogP contribution in [0.4, 0.5) is 0 Å². The zero-order valence-electron chi connectivity index (χ0n) is 12.5. The Labute approximate surface area is 129 Å². The van der Waals surface area contributed by atoms with Crippen molar-refractivity contribution in [2.45, 2.75) is 31.3 Å². The van der Waals surface area contributed by atoms with Gasteiger partial charge in [-0.25, -0.2) is 5.01 Å². The Morgan fingerprint density at radius 2 is 2.00 bits per heavy atom. The van der Waals surface area contributed by atoms with Crippen LogP contribution in [0.25, 0.3) is 0 Å². The molecule has 2 aliphatic rings. The van der Waals surface area contributed by atoms with Gasteiger partial charge in [0.1, 0.15) is 6.04 Å². The van der Waals surface area contributed by atoms with E-state index in [0.717, 1.165) is 19.3 Å². The number of nitrogens with one attached hydrogen (secondary N) is 2. The molecule has 2 N–H and O–H groups in total. The molecular weight excluding hydrogens is 282 g/mol. The van der Waals surface area contributed by atoms with Gasteiger partial charge in [-0.05, 0) is 31.4 Å². The summed E-state index contributed by atoms with van der Waals surface area (Å²) in [7, 11) is 0. The second-order valence-corrected chi connectivity index (χ2v) is 5.73. The van der Waals surface area contributed by atoms with E-state index in [9.17, 15) is 9.59 Å². The third kappa shape index (κ3) is 3.45. The summed E-state index contributed by atoms with van der Waals surface area (Å²) in [5.41, 5.74) is 3.45. The summed E-state index contributed by atoms with van der Waals surface area (Å²) in [6.07, 6.45) is 2.51. The lowest BCUT2D eigenvalue weighted by atomic mass is 10.2. The molecule has 6 nitrogen and oxygen atoms in total. The van der Waals surface area contributed by atoms with Gasteiger partial charge in [0.15, 0.2) is 0 Å². The largest absolute Gasteiger partial charge is 0.379 e. The third-order valence-electron chi connectivity index (χ3n) is 4.11. The molecule has 0 spiro atoms. The smallest absolute Gasteiger partial charge is 0.265 e. The fourth-order valence-electron chi connectivity index (χ4n) is 2.90. The maximum atomic E-state index is 12.4. The van der Waals surface area contributed by atoms with E-state index in [2.05, 4.69) is 10.7 Å². The van der Waals surface area contributed by atoms with Gasteiger partial charge in [-0.1, -0.05) is 18.2 Å². The molecule has 2 atom stereocenters. The molecule has 22 heavy (non-hydrogen) atoms. The van der Waals surface area contributed by atoms with Crippen LogP contribution in [0.1, 0.15) is 29.6 Å². The van der Waals surface area contributed by atoms with Gasteiger partial charge in [0.25, 0.3) is 5.91 Å². The number of rotatable bonds is 4. The van der Waals surface area contributed by atoms with Crippen LogP contribution < -0.4 is 10.7 Å². The van der Waals surface area contributed by atoms with Crippen LogP contribution >= 0.6 is 0 Å². The first-order valence-electron chi connectivity index (χ1n) is 7.75. The standard InChI is InChI=1S/C16H21N3O3/c20-15(12-5-2-1-3-6-12)18-19-9-4-7-14(19)16(21)17-13-8-10-22-11-13/h1-3,5-6,13-14H,4,7-11H2,(H,17,21)(H,18,20). The summed E-state index contributed by atoms with van der Waals surface area (Å²) >= 11 is 0. The van der Waals surface area contributed by atoms with Crippen LogP contribution in [0.5, 0.6) is 0 Å². The molecule has 2 fully saturated rings. The molecule has 118 valence electrons. The van der Waals surface area contributed by atoms with E-state index in [1.165, 1.54) is 0 Å². The molecule has 1 aromatic rings. The maximum absolute atomic E-state index is 12.4.